The summed E-state index contributed by atoms with van der Waals surface area (Å²) in [6.07, 6.45) is -4.73. The van der Waals surface area contributed by atoms with Gasteiger partial charge in [-0.15, -0.1) is 0 Å². The first-order valence-corrected chi connectivity index (χ1v) is 14.0. The van der Waals surface area contributed by atoms with E-state index in [2.05, 4.69) is 10.3 Å². The number of halogens is 4. The van der Waals surface area contributed by atoms with E-state index in [1.165, 1.54) is 25.3 Å². The number of primary sulfonamides is 1. The average Bonchev–Trinajstić information content (AvgIpc) is 3.25. The zero-order chi connectivity index (χ0) is 29.4. The predicted octanol–water partition coefficient (Wildman–Crippen LogP) is 5.33. The number of amides is 1. The third-order valence-corrected chi connectivity index (χ3v) is 7.65. The van der Waals surface area contributed by atoms with Crippen LogP contribution < -0.4 is 10.5 Å². The number of carbonyl (C=O) groups is 1. The van der Waals surface area contributed by atoms with E-state index in [0.717, 1.165) is 11.6 Å². The second-order valence-corrected chi connectivity index (χ2v) is 11.2. The number of nitrogens with two attached hydrogens (primary N) is 1. The fraction of sp³-hybridized carbons (Fsp3) is 0.259. The van der Waals surface area contributed by atoms with Crippen LogP contribution in [0.3, 0.4) is 0 Å². The fourth-order valence-electron chi connectivity index (χ4n) is 4.28. The van der Waals surface area contributed by atoms with E-state index in [0.29, 0.717) is 29.0 Å². The van der Waals surface area contributed by atoms with Crippen LogP contribution in [0.5, 0.6) is 0 Å². The van der Waals surface area contributed by atoms with Gasteiger partial charge in [0.1, 0.15) is 11.9 Å². The monoisotopic (exact) mass is 594 g/mol. The van der Waals surface area contributed by atoms with Gasteiger partial charge in [0.25, 0.3) is 5.91 Å². The maximum atomic E-state index is 13.4. The lowest BCUT2D eigenvalue weighted by molar-refractivity contribution is -0.137. The molecule has 0 fully saturated rings. The summed E-state index contributed by atoms with van der Waals surface area (Å²) in [5.41, 5.74) is 1.70. The quantitative estimate of drug-likeness (QED) is 0.286. The van der Waals surface area contributed by atoms with E-state index >= 15 is 0 Å². The van der Waals surface area contributed by atoms with Gasteiger partial charge in [-0.1, -0.05) is 35.4 Å². The first-order chi connectivity index (χ1) is 18.7. The van der Waals surface area contributed by atoms with Crippen LogP contribution >= 0.6 is 11.6 Å². The summed E-state index contributed by atoms with van der Waals surface area (Å²) in [6, 6.07) is 13.6. The zero-order valence-corrected chi connectivity index (χ0v) is 23.3. The van der Waals surface area contributed by atoms with Crippen molar-refractivity contribution in [2.45, 2.75) is 37.4 Å². The Morgan fingerprint density at radius 2 is 1.82 bits per heavy atom. The minimum absolute atomic E-state index is 0.0306. The van der Waals surface area contributed by atoms with Gasteiger partial charge in [0.05, 0.1) is 32.1 Å². The van der Waals surface area contributed by atoms with Gasteiger partial charge >= 0.3 is 6.18 Å². The van der Waals surface area contributed by atoms with Gasteiger partial charge in [-0.25, -0.2) is 18.5 Å². The summed E-state index contributed by atoms with van der Waals surface area (Å²) in [5, 5.41) is 7.52. The molecule has 13 heteroatoms. The molecule has 4 aromatic rings. The number of benzene rings is 3. The Morgan fingerprint density at radius 1 is 1.15 bits per heavy atom. The molecule has 0 aliphatic heterocycles. The van der Waals surface area contributed by atoms with Crippen molar-refractivity contribution in [1.29, 1.82) is 0 Å². The van der Waals surface area contributed by atoms with E-state index in [4.69, 9.17) is 21.5 Å². The molecule has 8 nitrogen and oxygen atoms in total. The molecule has 212 valence electrons. The van der Waals surface area contributed by atoms with Crippen molar-refractivity contribution in [2.75, 3.05) is 13.7 Å². The molecule has 3 aromatic carbocycles. The lowest BCUT2D eigenvalue weighted by Crippen LogP contribution is -2.28. The number of aryl methyl sites for hydroxylation is 1. The Bertz CT molecular complexity index is 1690. The van der Waals surface area contributed by atoms with Crippen LogP contribution in [0.2, 0.25) is 5.02 Å². The van der Waals surface area contributed by atoms with Crippen molar-refractivity contribution in [2.24, 2.45) is 5.14 Å². The van der Waals surface area contributed by atoms with E-state index in [1.54, 1.807) is 36.6 Å². The smallest absolute Gasteiger partial charge is 0.374 e. The first kappa shape index (κ1) is 29.5. The Balaban J connectivity index is 1.57. The Morgan fingerprint density at radius 3 is 2.42 bits per heavy atom. The minimum Gasteiger partial charge on any atom is -0.374 e. The second-order valence-electron chi connectivity index (χ2n) is 9.22. The van der Waals surface area contributed by atoms with Gasteiger partial charge in [0.2, 0.25) is 10.0 Å². The highest BCUT2D eigenvalue weighted by molar-refractivity contribution is 7.89. The van der Waals surface area contributed by atoms with Crippen molar-refractivity contribution in [3.63, 3.8) is 0 Å². The molecule has 1 unspecified atom stereocenters. The molecule has 40 heavy (non-hydrogen) atoms. The molecule has 0 spiro atoms. The summed E-state index contributed by atoms with van der Waals surface area (Å²) < 4.78 is 71.1. The molecule has 1 heterocycles. The third-order valence-electron chi connectivity index (χ3n) is 6.37. The number of nitrogens with zero attached hydrogens (tertiary/aromatic N) is 2. The molecule has 4 rings (SSSR count). The number of hydrogen-bond donors (Lipinski definition) is 2. The molecule has 0 aliphatic carbocycles. The number of alkyl halides is 3. The molecular formula is C27H26ClF3N4O4S. The molecule has 0 radical (unpaired) electrons. The number of imidazole rings is 1. The van der Waals surface area contributed by atoms with Crippen molar-refractivity contribution in [1.82, 2.24) is 14.9 Å². The molecule has 1 amide bonds. The van der Waals surface area contributed by atoms with E-state index in [9.17, 15) is 26.4 Å². The predicted molar refractivity (Wildman–Crippen MR) is 145 cm³/mol. The number of carbonyl (C=O) groups excluding carboxylic acids is 1. The molecule has 1 aromatic heterocycles. The Kier molecular flexibility index (Phi) is 8.27. The van der Waals surface area contributed by atoms with E-state index in [-0.39, 0.29) is 22.5 Å². The highest BCUT2D eigenvalue weighted by Gasteiger charge is 2.34. The minimum atomic E-state index is -4.63. The largest absolute Gasteiger partial charge is 0.417 e. The number of sulfonamides is 1. The summed E-state index contributed by atoms with van der Waals surface area (Å²) in [6.45, 7) is 3.68. The van der Waals surface area contributed by atoms with Crippen LogP contribution in [0.4, 0.5) is 13.2 Å². The number of aromatic nitrogens is 2. The molecule has 0 saturated heterocycles. The highest BCUT2D eigenvalue weighted by Crippen LogP contribution is 2.38. The summed E-state index contributed by atoms with van der Waals surface area (Å²) in [4.78, 5) is 16.8. The Labute approximate surface area is 234 Å². The molecule has 3 N–H and O–H groups in total. The van der Waals surface area contributed by atoms with E-state index in [1.807, 2.05) is 12.1 Å². The van der Waals surface area contributed by atoms with Gasteiger partial charge in [0, 0.05) is 19.3 Å². The molecule has 1 atom stereocenters. The fourth-order valence-corrected chi connectivity index (χ4v) is 5.26. The van der Waals surface area contributed by atoms with Crippen molar-refractivity contribution >= 4 is 38.6 Å². The number of rotatable bonds is 8. The van der Waals surface area contributed by atoms with Gasteiger partial charge in [-0.05, 0) is 62.2 Å². The lowest BCUT2D eigenvalue weighted by atomic mass is 10.1. The third kappa shape index (κ3) is 6.15. The van der Waals surface area contributed by atoms with E-state index < -0.39 is 38.8 Å². The van der Waals surface area contributed by atoms with Crippen molar-refractivity contribution in [3.05, 3.63) is 87.7 Å². The number of fused-ring (bicyclic) bond motifs is 1. The number of nitrogens with one attached hydrogen (secondary N) is 1. The van der Waals surface area contributed by atoms with Gasteiger partial charge in [-0.2, -0.15) is 13.2 Å². The molecule has 0 bridgehead atoms. The number of hydrogen-bond acceptors (Lipinski definition) is 5. The Hall–Kier alpha value is -3.45. The van der Waals surface area contributed by atoms with Crippen LogP contribution in [0.1, 0.15) is 45.9 Å². The highest BCUT2D eigenvalue weighted by atomic mass is 35.5. The lowest BCUT2D eigenvalue weighted by Gasteiger charge is -2.15. The summed E-state index contributed by atoms with van der Waals surface area (Å²) in [5.74, 6) is -0.167. The standard InChI is InChI=1S/C27H26ClF3N4O4S/c1-15-4-9-24(40(32,37)38)19(12-15)26(36)33-11-10-17-5-7-18(8-6-17)35-23-14-21(28)20(27(29,30)31)13-22(23)34-25(35)16(2)39-3/h4-9,12-14,16H,10-11H2,1-3H3,(H,33,36)(H2,32,37,38). The first-order valence-electron chi connectivity index (χ1n) is 12.0. The summed E-state index contributed by atoms with van der Waals surface area (Å²) in [7, 11) is -2.61. The van der Waals surface area contributed by atoms with Crippen molar-refractivity contribution in [3.8, 4) is 5.69 Å². The summed E-state index contributed by atoms with van der Waals surface area (Å²) >= 11 is 6.00. The van der Waals surface area contributed by atoms with Crippen molar-refractivity contribution < 1.29 is 31.1 Å². The maximum Gasteiger partial charge on any atom is 0.417 e. The normalized spacial score (nSPS) is 13.0. The van der Waals surface area contributed by atoms with Gasteiger partial charge in [-0.3, -0.25) is 9.36 Å². The average molecular weight is 595 g/mol. The SMILES string of the molecule is COC(C)c1nc2cc(C(F)(F)F)c(Cl)cc2n1-c1ccc(CCNC(=O)c2cc(C)ccc2S(N)(=O)=O)cc1. The van der Waals surface area contributed by atoms with Crippen LogP contribution in [0.15, 0.2) is 59.5 Å². The number of methoxy groups -OCH3 is 1. The number of ether oxygens (including phenoxy) is 1. The van der Waals surface area contributed by atoms with Gasteiger partial charge in [0.15, 0.2) is 0 Å². The second kappa shape index (κ2) is 11.2. The maximum absolute atomic E-state index is 13.4. The zero-order valence-electron chi connectivity index (χ0n) is 21.7. The van der Waals surface area contributed by atoms with Gasteiger partial charge < -0.3 is 10.1 Å². The van der Waals surface area contributed by atoms with Crippen LogP contribution in [0, 0.1) is 6.92 Å². The van der Waals surface area contributed by atoms with Crippen LogP contribution in [-0.2, 0) is 27.4 Å². The molecule has 0 aliphatic rings. The molecular weight excluding hydrogens is 569 g/mol. The topological polar surface area (TPSA) is 116 Å². The van der Waals surface area contributed by atoms with Crippen LogP contribution in [-0.4, -0.2) is 37.5 Å². The molecule has 0 saturated carbocycles. The van der Waals surface area contributed by atoms with Crippen LogP contribution in [0.25, 0.3) is 16.7 Å².